The summed E-state index contributed by atoms with van der Waals surface area (Å²) < 4.78 is 12.4. The number of carbonyl (C=O) groups excluding carboxylic acids is 1. The first-order valence-corrected chi connectivity index (χ1v) is 8.80. The third kappa shape index (κ3) is 4.87. The number of nitrogens with zero attached hydrogens (tertiary/aromatic N) is 2. The average Bonchev–Trinajstić information content (AvgIpc) is 3.03. The number of methoxy groups -OCH3 is 1. The second kappa shape index (κ2) is 8.70. The van der Waals surface area contributed by atoms with Crippen molar-refractivity contribution in [3.63, 3.8) is 0 Å². The van der Waals surface area contributed by atoms with Gasteiger partial charge >= 0.3 is 0 Å². The fourth-order valence-corrected chi connectivity index (χ4v) is 2.68. The Kier molecular flexibility index (Phi) is 6.11. The molecule has 0 unspecified atom stereocenters. The zero-order chi connectivity index (χ0) is 19.2. The highest BCUT2D eigenvalue weighted by Crippen LogP contribution is 2.25. The predicted molar refractivity (Wildman–Crippen MR) is 104 cm³/mol. The van der Waals surface area contributed by atoms with Crippen molar-refractivity contribution >= 4 is 23.2 Å². The summed E-state index contributed by atoms with van der Waals surface area (Å²) in [6.45, 7) is 2.12. The minimum absolute atomic E-state index is 0.205. The van der Waals surface area contributed by atoms with Crippen LogP contribution in [0.15, 0.2) is 60.8 Å². The first kappa shape index (κ1) is 18.9. The lowest BCUT2D eigenvalue weighted by molar-refractivity contribution is -0.122. The van der Waals surface area contributed by atoms with E-state index in [2.05, 4.69) is 10.4 Å². The number of para-hydroxylation sites is 1. The van der Waals surface area contributed by atoms with Crippen molar-refractivity contribution in [3.8, 4) is 11.6 Å². The van der Waals surface area contributed by atoms with Gasteiger partial charge in [0.1, 0.15) is 5.02 Å². The maximum Gasteiger partial charge on any atom is 0.265 e. The highest BCUT2D eigenvalue weighted by atomic mass is 35.5. The van der Waals surface area contributed by atoms with Crippen molar-refractivity contribution in [1.82, 2.24) is 9.78 Å². The zero-order valence-electron chi connectivity index (χ0n) is 15.1. The number of hydrogen-bond acceptors (Lipinski definition) is 4. The van der Waals surface area contributed by atoms with Crippen LogP contribution in [-0.2, 0) is 16.1 Å². The molecule has 2 aromatic carbocycles. The first-order valence-electron chi connectivity index (χ1n) is 8.43. The Morgan fingerprint density at radius 1 is 1.22 bits per heavy atom. The molecule has 0 aliphatic carbocycles. The summed E-state index contributed by atoms with van der Waals surface area (Å²) in [6, 6.07) is 17.0. The van der Waals surface area contributed by atoms with Crippen molar-refractivity contribution in [3.05, 3.63) is 71.4 Å². The highest BCUT2D eigenvalue weighted by molar-refractivity contribution is 6.31. The number of nitrogens with one attached hydrogen (secondary N) is 1. The van der Waals surface area contributed by atoms with E-state index in [1.807, 2.05) is 48.5 Å². The van der Waals surface area contributed by atoms with Gasteiger partial charge in [0, 0.05) is 12.8 Å². The fraction of sp³-hybridized carbons (Fsp3) is 0.200. The minimum Gasteiger partial charge on any atom is -0.462 e. The van der Waals surface area contributed by atoms with Crippen LogP contribution < -0.4 is 10.1 Å². The Morgan fingerprint density at radius 2 is 2.00 bits per heavy atom. The molecule has 1 heterocycles. The minimum atomic E-state index is -0.771. The number of benzene rings is 2. The Hall–Kier alpha value is -2.83. The van der Waals surface area contributed by atoms with Gasteiger partial charge in [-0.3, -0.25) is 4.79 Å². The molecule has 1 N–H and O–H groups in total. The Bertz CT molecular complexity index is 912. The molecule has 0 bridgehead atoms. The highest BCUT2D eigenvalue weighted by Gasteiger charge is 2.19. The van der Waals surface area contributed by atoms with Crippen LogP contribution in [0.1, 0.15) is 12.5 Å². The second-order valence-corrected chi connectivity index (χ2v) is 6.35. The van der Waals surface area contributed by atoms with E-state index in [0.29, 0.717) is 17.3 Å². The zero-order valence-corrected chi connectivity index (χ0v) is 15.8. The maximum atomic E-state index is 12.4. The number of carbonyl (C=O) groups is 1. The van der Waals surface area contributed by atoms with Gasteiger partial charge in [-0.25, -0.2) is 4.68 Å². The summed E-state index contributed by atoms with van der Waals surface area (Å²) >= 11 is 6.21. The number of anilines is 1. The summed E-state index contributed by atoms with van der Waals surface area (Å²) in [7, 11) is 1.62. The van der Waals surface area contributed by atoms with Crippen LogP contribution in [0.4, 0.5) is 5.69 Å². The molecule has 140 valence electrons. The molecule has 6 nitrogen and oxygen atoms in total. The number of ether oxygens (including phenoxy) is 2. The second-order valence-electron chi connectivity index (χ2n) is 5.95. The summed E-state index contributed by atoms with van der Waals surface area (Å²) in [4.78, 5) is 12.4. The Balaban J connectivity index is 1.66. The van der Waals surface area contributed by atoms with E-state index in [1.165, 1.54) is 0 Å². The normalized spacial score (nSPS) is 11.8. The molecular formula is C20H20ClN3O3. The molecule has 1 atom stereocenters. The van der Waals surface area contributed by atoms with Gasteiger partial charge in [-0.1, -0.05) is 41.9 Å². The monoisotopic (exact) mass is 385 g/mol. The van der Waals surface area contributed by atoms with E-state index >= 15 is 0 Å². The first-order chi connectivity index (χ1) is 13.1. The Labute approximate surface area is 162 Å². The summed E-state index contributed by atoms with van der Waals surface area (Å²) in [6.07, 6.45) is 0.873. The van der Waals surface area contributed by atoms with Crippen LogP contribution in [0.3, 0.4) is 0 Å². The van der Waals surface area contributed by atoms with Crippen LogP contribution in [0.2, 0.25) is 5.02 Å². The molecule has 27 heavy (non-hydrogen) atoms. The van der Waals surface area contributed by atoms with Gasteiger partial charge in [0.25, 0.3) is 11.8 Å². The summed E-state index contributed by atoms with van der Waals surface area (Å²) in [5, 5.41) is 7.47. The summed E-state index contributed by atoms with van der Waals surface area (Å²) in [5.74, 6) is -0.0915. The van der Waals surface area contributed by atoms with E-state index in [4.69, 9.17) is 21.1 Å². The lowest BCUT2D eigenvalue weighted by Gasteiger charge is -2.14. The van der Waals surface area contributed by atoms with Gasteiger partial charge in [0.15, 0.2) is 6.10 Å². The third-order valence-corrected chi connectivity index (χ3v) is 4.08. The van der Waals surface area contributed by atoms with Crippen molar-refractivity contribution in [2.45, 2.75) is 19.6 Å². The predicted octanol–water partition coefficient (Wildman–Crippen LogP) is 4.08. The lowest BCUT2D eigenvalue weighted by Crippen LogP contribution is -2.30. The third-order valence-electron chi connectivity index (χ3n) is 3.82. The van der Waals surface area contributed by atoms with E-state index in [1.54, 1.807) is 31.0 Å². The largest absolute Gasteiger partial charge is 0.462 e. The molecule has 1 aromatic heterocycles. The van der Waals surface area contributed by atoms with Crippen LogP contribution in [0.5, 0.6) is 5.88 Å². The summed E-state index contributed by atoms with van der Waals surface area (Å²) in [5.41, 5.74) is 2.49. The SMILES string of the molecule is COCc1cccc(NC(=O)[C@H](C)Oc2nn(-c3ccccc3)cc2Cl)c1. The number of hydrogen-bond donors (Lipinski definition) is 1. The van der Waals surface area contributed by atoms with E-state index < -0.39 is 6.10 Å². The average molecular weight is 386 g/mol. The van der Waals surface area contributed by atoms with Gasteiger partial charge in [-0.05, 0) is 36.8 Å². The molecule has 3 aromatic rings. The van der Waals surface area contributed by atoms with Gasteiger partial charge in [-0.2, -0.15) is 0 Å². The van der Waals surface area contributed by atoms with Crippen LogP contribution in [-0.4, -0.2) is 28.9 Å². The smallest absolute Gasteiger partial charge is 0.265 e. The molecule has 0 aliphatic heterocycles. The molecule has 0 fully saturated rings. The van der Waals surface area contributed by atoms with Crippen LogP contribution in [0.25, 0.3) is 5.69 Å². The molecule has 7 heteroatoms. The lowest BCUT2D eigenvalue weighted by atomic mass is 10.2. The number of rotatable bonds is 7. The molecule has 0 saturated carbocycles. The van der Waals surface area contributed by atoms with Crippen molar-refractivity contribution < 1.29 is 14.3 Å². The topological polar surface area (TPSA) is 65.4 Å². The fourth-order valence-electron chi connectivity index (χ4n) is 2.50. The maximum absolute atomic E-state index is 12.4. The number of amides is 1. The van der Waals surface area contributed by atoms with Gasteiger partial charge in [0.05, 0.1) is 18.5 Å². The van der Waals surface area contributed by atoms with Gasteiger partial charge in [0.2, 0.25) is 0 Å². The molecule has 3 rings (SSSR count). The molecule has 0 aliphatic rings. The van der Waals surface area contributed by atoms with E-state index in [0.717, 1.165) is 11.3 Å². The molecule has 0 spiro atoms. The van der Waals surface area contributed by atoms with E-state index in [9.17, 15) is 4.79 Å². The number of halogens is 1. The van der Waals surface area contributed by atoms with Gasteiger partial charge < -0.3 is 14.8 Å². The van der Waals surface area contributed by atoms with E-state index in [-0.39, 0.29) is 11.8 Å². The number of aromatic nitrogens is 2. The van der Waals surface area contributed by atoms with Crippen molar-refractivity contribution in [2.24, 2.45) is 0 Å². The standard InChI is InChI=1S/C20H20ClN3O3/c1-14(19(25)22-16-8-6-7-15(11-16)13-26-2)27-20-18(21)12-24(23-20)17-9-4-3-5-10-17/h3-12,14H,13H2,1-2H3,(H,22,25)/t14-/m0/s1. The van der Waals surface area contributed by atoms with Crippen LogP contribution in [0, 0.1) is 0 Å². The quantitative estimate of drug-likeness (QED) is 0.665. The molecular weight excluding hydrogens is 366 g/mol. The Morgan fingerprint density at radius 3 is 2.74 bits per heavy atom. The van der Waals surface area contributed by atoms with Gasteiger partial charge in [-0.15, -0.1) is 5.10 Å². The van der Waals surface area contributed by atoms with Crippen molar-refractivity contribution in [1.29, 1.82) is 0 Å². The van der Waals surface area contributed by atoms with Crippen LogP contribution >= 0.6 is 11.6 Å². The van der Waals surface area contributed by atoms with Crippen molar-refractivity contribution in [2.75, 3.05) is 12.4 Å². The molecule has 0 radical (unpaired) electrons. The molecule has 0 saturated heterocycles. The molecule has 1 amide bonds.